The molecule has 8 nitrogen and oxygen atoms in total. The highest BCUT2D eigenvalue weighted by Gasteiger charge is 2.59. The zero-order valence-electron chi connectivity index (χ0n) is 23.2. The molecular weight excluding hydrogens is 452 g/mol. The SMILES string of the molecule is C[SiH](C)O[C@]1(C(O)C2CCN(C(=O)OC(C)(C)C)C2)C[C@H](C(C)(C)C)CN1C(=O)OC(C)(C)C. The molecule has 0 aliphatic carbocycles. The highest BCUT2D eigenvalue weighted by Crippen LogP contribution is 2.47. The summed E-state index contributed by atoms with van der Waals surface area (Å²) in [5, 5.41) is 11.9. The molecule has 0 radical (unpaired) electrons. The second kappa shape index (κ2) is 9.97. The average Bonchev–Trinajstić information content (AvgIpc) is 3.23. The van der Waals surface area contributed by atoms with Crippen LogP contribution in [0.4, 0.5) is 9.59 Å². The van der Waals surface area contributed by atoms with Crippen molar-refractivity contribution < 1.29 is 28.6 Å². The van der Waals surface area contributed by atoms with Crippen LogP contribution >= 0.6 is 0 Å². The van der Waals surface area contributed by atoms with Gasteiger partial charge in [-0.3, -0.25) is 4.90 Å². The Morgan fingerprint density at radius 1 is 0.941 bits per heavy atom. The number of likely N-dealkylation sites (tertiary alicyclic amines) is 2. The van der Waals surface area contributed by atoms with Gasteiger partial charge in [0.2, 0.25) is 0 Å². The van der Waals surface area contributed by atoms with Crippen molar-refractivity contribution in [2.45, 2.75) is 111 Å². The Hall–Kier alpha value is -1.32. The molecule has 0 saturated carbocycles. The number of aliphatic hydroxyl groups excluding tert-OH is 1. The molecule has 2 heterocycles. The van der Waals surface area contributed by atoms with Crippen molar-refractivity contribution in [1.82, 2.24) is 9.80 Å². The van der Waals surface area contributed by atoms with E-state index >= 15 is 0 Å². The fourth-order valence-electron chi connectivity index (χ4n) is 4.80. The lowest BCUT2D eigenvalue weighted by molar-refractivity contribution is -0.154. The van der Waals surface area contributed by atoms with Crippen molar-refractivity contribution in [3.63, 3.8) is 0 Å². The molecule has 0 spiro atoms. The van der Waals surface area contributed by atoms with Crippen LogP contribution in [0.3, 0.4) is 0 Å². The number of hydrogen-bond donors (Lipinski definition) is 1. The summed E-state index contributed by atoms with van der Waals surface area (Å²) in [6.07, 6.45) is -0.638. The molecule has 2 saturated heterocycles. The van der Waals surface area contributed by atoms with Crippen LogP contribution in [0.2, 0.25) is 13.1 Å². The van der Waals surface area contributed by atoms with Crippen LogP contribution in [0.1, 0.15) is 75.2 Å². The topological polar surface area (TPSA) is 88.5 Å². The molecule has 9 heteroatoms. The molecule has 1 N–H and O–H groups in total. The molecule has 4 atom stereocenters. The zero-order chi connectivity index (χ0) is 26.3. The van der Waals surface area contributed by atoms with Gasteiger partial charge < -0.3 is 23.9 Å². The van der Waals surface area contributed by atoms with Crippen LogP contribution in [0.15, 0.2) is 0 Å². The summed E-state index contributed by atoms with van der Waals surface area (Å²) >= 11 is 0. The lowest BCUT2D eigenvalue weighted by Gasteiger charge is -2.45. The summed E-state index contributed by atoms with van der Waals surface area (Å²) in [4.78, 5) is 29.3. The van der Waals surface area contributed by atoms with Gasteiger partial charge in [-0.15, -0.1) is 0 Å². The predicted octanol–water partition coefficient (Wildman–Crippen LogP) is 4.60. The average molecular weight is 501 g/mol. The van der Waals surface area contributed by atoms with E-state index in [0.717, 1.165) is 0 Å². The van der Waals surface area contributed by atoms with Gasteiger partial charge in [0, 0.05) is 32.0 Å². The Morgan fingerprint density at radius 3 is 1.94 bits per heavy atom. The van der Waals surface area contributed by atoms with E-state index in [1.807, 2.05) is 54.6 Å². The van der Waals surface area contributed by atoms with E-state index < -0.39 is 38.2 Å². The molecule has 0 aromatic rings. The lowest BCUT2D eigenvalue weighted by atomic mass is 9.77. The molecule has 0 bridgehead atoms. The van der Waals surface area contributed by atoms with Crippen LogP contribution < -0.4 is 0 Å². The van der Waals surface area contributed by atoms with Crippen molar-refractivity contribution in [1.29, 1.82) is 0 Å². The molecule has 2 amide bonds. The number of rotatable bonds is 4. The Balaban J connectivity index is 2.38. The van der Waals surface area contributed by atoms with Crippen LogP contribution in [-0.4, -0.2) is 78.8 Å². The monoisotopic (exact) mass is 500 g/mol. The number of hydrogen-bond acceptors (Lipinski definition) is 6. The minimum atomic E-state index is -1.68. The Labute approximate surface area is 208 Å². The second-order valence-electron chi connectivity index (χ2n) is 13.3. The first-order chi connectivity index (χ1) is 15.2. The number of amides is 2. The number of carbonyl (C=O) groups excluding carboxylic acids is 2. The maximum Gasteiger partial charge on any atom is 0.412 e. The Kier molecular flexibility index (Phi) is 8.48. The van der Waals surface area contributed by atoms with Crippen LogP contribution in [0.5, 0.6) is 0 Å². The summed E-state index contributed by atoms with van der Waals surface area (Å²) in [5.74, 6) is -0.102. The number of ether oxygens (including phenoxy) is 2. The number of aliphatic hydroxyl groups is 1. The van der Waals surface area contributed by atoms with Crippen molar-refractivity contribution >= 4 is 21.2 Å². The van der Waals surface area contributed by atoms with E-state index in [1.54, 1.807) is 9.80 Å². The summed E-state index contributed by atoms with van der Waals surface area (Å²) in [7, 11) is -1.68. The van der Waals surface area contributed by atoms with Crippen molar-refractivity contribution in [2.24, 2.45) is 17.3 Å². The first kappa shape index (κ1) is 28.9. The third kappa shape index (κ3) is 7.10. The zero-order valence-corrected chi connectivity index (χ0v) is 24.4. The van der Waals surface area contributed by atoms with Crippen molar-refractivity contribution in [3.05, 3.63) is 0 Å². The van der Waals surface area contributed by atoms with E-state index in [2.05, 4.69) is 20.8 Å². The maximum atomic E-state index is 13.4. The molecule has 2 rings (SSSR count). The molecule has 2 fully saturated rings. The van der Waals surface area contributed by atoms with E-state index in [9.17, 15) is 14.7 Å². The minimum Gasteiger partial charge on any atom is -0.444 e. The van der Waals surface area contributed by atoms with Gasteiger partial charge in [-0.2, -0.15) is 0 Å². The molecule has 0 aromatic carbocycles. The first-order valence-corrected chi connectivity index (χ1v) is 15.4. The van der Waals surface area contributed by atoms with Crippen LogP contribution in [0.25, 0.3) is 0 Å². The highest BCUT2D eigenvalue weighted by atomic mass is 28.3. The molecule has 34 heavy (non-hydrogen) atoms. The van der Waals surface area contributed by atoms with Crippen molar-refractivity contribution in [3.8, 4) is 0 Å². The summed E-state index contributed by atoms with van der Waals surface area (Å²) < 4.78 is 17.9. The van der Waals surface area contributed by atoms with Gasteiger partial charge in [-0.25, -0.2) is 9.59 Å². The van der Waals surface area contributed by atoms with Gasteiger partial charge in [0.15, 0.2) is 14.8 Å². The molecule has 198 valence electrons. The summed E-state index contributed by atoms with van der Waals surface area (Å²) in [5.41, 5.74) is -2.50. The number of carbonyl (C=O) groups is 2. The molecule has 0 aromatic heterocycles. The Morgan fingerprint density at radius 2 is 1.47 bits per heavy atom. The van der Waals surface area contributed by atoms with E-state index in [4.69, 9.17) is 13.9 Å². The molecule has 2 aliphatic heterocycles. The summed E-state index contributed by atoms with van der Waals surface area (Å²) in [6, 6.07) is 0. The fraction of sp³-hybridized carbons (Fsp3) is 0.920. The van der Waals surface area contributed by atoms with Gasteiger partial charge in [0.25, 0.3) is 0 Å². The highest BCUT2D eigenvalue weighted by molar-refractivity contribution is 6.48. The third-order valence-corrected chi connectivity index (χ3v) is 7.34. The molecule has 2 unspecified atom stereocenters. The van der Waals surface area contributed by atoms with Gasteiger partial charge in [-0.1, -0.05) is 20.8 Å². The molecular formula is C25H48N2O6Si. The largest absolute Gasteiger partial charge is 0.444 e. The van der Waals surface area contributed by atoms with E-state index in [-0.39, 0.29) is 23.3 Å². The predicted molar refractivity (Wildman–Crippen MR) is 135 cm³/mol. The lowest BCUT2D eigenvalue weighted by Crippen LogP contribution is -2.61. The van der Waals surface area contributed by atoms with Gasteiger partial charge in [0.05, 0.1) is 0 Å². The normalized spacial score (nSPS) is 27.3. The number of nitrogens with zero attached hydrogens (tertiary/aromatic N) is 2. The smallest absolute Gasteiger partial charge is 0.412 e. The Bertz CT molecular complexity index is 739. The standard InChI is InChI=1S/C25H48N2O6Si/c1-22(2,3)18-14-25(33-34(10)11,27(16-18)21(30)32-24(7,8)9)19(28)17-12-13-26(15-17)20(29)31-23(4,5)6/h17-19,28,34H,12-16H2,1-11H3/t17?,18-,19?,25-/m0/s1. The summed E-state index contributed by atoms with van der Waals surface area (Å²) in [6.45, 7) is 22.9. The van der Waals surface area contributed by atoms with Gasteiger partial charge in [0.1, 0.15) is 17.3 Å². The minimum absolute atomic E-state index is 0.0815. The maximum absolute atomic E-state index is 13.4. The quantitative estimate of drug-likeness (QED) is 0.568. The fourth-order valence-corrected chi connectivity index (χ4v) is 5.98. The first-order valence-electron chi connectivity index (χ1n) is 12.6. The van der Waals surface area contributed by atoms with Crippen LogP contribution in [-0.2, 0) is 13.9 Å². The van der Waals surface area contributed by atoms with Crippen LogP contribution in [0, 0.1) is 17.3 Å². The van der Waals surface area contributed by atoms with Gasteiger partial charge >= 0.3 is 12.2 Å². The molecule has 2 aliphatic rings. The second-order valence-corrected chi connectivity index (χ2v) is 15.6. The van der Waals surface area contributed by atoms with Crippen molar-refractivity contribution in [2.75, 3.05) is 19.6 Å². The van der Waals surface area contributed by atoms with E-state index in [0.29, 0.717) is 32.5 Å². The third-order valence-electron chi connectivity index (χ3n) is 6.46. The van der Waals surface area contributed by atoms with Gasteiger partial charge in [-0.05, 0) is 72.4 Å². The van der Waals surface area contributed by atoms with E-state index in [1.165, 1.54) is 0 Å².